The van der Waals surface area contributed by atoms with Gasteiger partial charge in [0.15, 0.2) is 5.69 Å². The topological polar surface area (TPSA) is 73.2 Å². The molecule has 1 heterocycles. The number of hydrogen-bond donors (Lipinski definition) is 1. The predicted octanol–water partition coefficient (Wildman–Crippen LogP) is 2.91. The molecule has 0 saturated carbocycles. The number of hydrogen-bond acceptors (Lipinski definition) is 4. The summed E-state index contributed by atoms with van der Waals surface area (Å²) >= 11 is 0. The van der Waals surface area contributed by atoms with Gasteiger partial charge in [-0.2, -0.15) is 5.10 Å². The van der Waals surface area contributed by atoms with Crippen LogP contribution < -0.4 is 5.32 Å². The van der Waals surface area contributed by atoms with Gasteiger partial charge in [0.1, 0.15) is 0 Å². The van der Waals surface area contributed by atoms with Crippen LogP contribution in [0.2, 0.25) is 0 Å². The van der Waals surface area contributed by atoms with Crippen molar-refractivity contribution in [3.05, 3.63) is 78.1 Å². The molecule has 0 aliphatic carbocycles. The van der Waals surface area contributed by atoms with Gasteiger partial charge in [0, 0.05) is 6.20 Å². The molecule has 0 saturated heterocycles. The fourth-order valence-electron chi connectivity index (χ4n) is 2.24. The molecule has 3 rings (SSSR count). The number of nitrogens with one attached hydrogen (secondary N) is 1. The first-order valence-electron chi connectivity index (χ1n) is 7.29. The first-order valence-corrected chi connectivity index (χ1v) is 7.29. The van der Waals surface area contributed by atoms with Crippen molar-refractivity contribution in [2.75, 3.05) is 12.4 Å². The largest absolute Gasteiger partial charge is 0.465 e. The normalized spacial score (nSPS) is 10.2. The second-order valence-electron chi connectivity index (χ2n) is 4.97. The van der Waals surface area contributed by atoms with Crippen LogP contribution in [0.15, 0.2) is 66.9 Å². The first-order chi connectivity index (χ1) is 11.7. The van der Waals surface area contributed by atoms with Crippen LogP contribution in [0.25, 0.3) is 5.69 Å². The van der Waals surface area contributed by atoms with Crippen LogP contribution in [0, 0.1) is 0 Å². The third-order valence-electron chi connectivity index (χ3n) is 3.42. The zero-order valence-electron chi connectivity index (χ0n) is 13.0. The van der Waals surface area contributed by atoms with E-state index in [1.165, 1.54) is 7.11 Å². The Morgan fingerprint density at radius 1 is 1.00 bits per heavy atom. The molecular formula is C18H15N3O3. The van der Waals surface area contributed by atoms with Gasteiger partial charge in [-0.15, -0.1) is 0 Å². The van der Waals surface area contributed by atoms with Crippen LogP contribution in [0.3, 0.4) is 0 Å². The smallest absolute Gasteiger partial charge is 0.339 e. The number of rotatable bonds is 4. The number of nitrogens with zero attached hydrogens (tertiary/aromatic N) is 2. The van der Waals surface area contributed by atoms with E-state index in [9.17, 15) is 9.59 Å². The Balaban J connectivity index is 1.82. The van der Waals surface area contributed by atoms with Crippen LogP contribution in [0.4, 0.5) is 5.69 Å². The Morgan fingerprint density at radius 3 is 2.46 bits per heavy atom. The molecule has 1 amide bonds. The summed E-state index contributed by atoms with van der Waals surface area (Å²) in [6.45, 7) is 0. The average Bonchev–Trinajstić information content (AvgIpc) is 3.12. The molecule has 1 aromatic heterocycles. The number of amides is 1. The lowest BCUT2D eigenvalue weighted by Crippen LogP contribution is -2.16. The quantitative estimate of drug-likeness (QED) is 0.750. The lowest BCUT2D eigenvalue weighted by Gasteiger charge is -2.08. The summed E-state index contributed by atoms with van der Waals surface area (Å²) in [5.41, 5.74) is 1.77. The summed E-state index contributed by atoms with van der Waals surface area (Å²) in [5.74, 6) is -0.915. The van der Waals surface area contributed by atoms with Crippen LogP contribution >= 0.6 is 0 Å². The number of methoxy groups -OCH3 is 1. The van der Waals surface area contributed by atoms with Gasteiger partial charge in [-0.25, -0.2) is 9.48 Å². The standard InChI is InChI=1S/C18H15N3O3/c1-24-18(23)14-9-5-6-10-15(14)19-17(22)16-11-12-21(20-16)13-7-3-2-4-8-13/h2-12H,1H3,(H,19,22). The van der Waals surface area contributed by atoms with Crippen LogP contribution in [-0.2, 0) is 4.74 Å². The minimum absolute atomic E-state index is 0.249. The van der Waals surface area contributed by atoms with E-state index in [0.717, 1.165) is 5.69 Å². The summed E-state index contributed by atoms with van der Waals surface area (Å²) in [6, 6.07) is 17.7. The molecule has 0 bridgehead atoms. The van der Waals surface area contributed by atoms with Crippen molar-refractivity contribution in [2.24, 2.45) is 0 Å². The van der Waals surface area contributed by atoms with Gasteiger partial charge < -0.3 is 10.1 Å². The Hall–Kier alpha value is -3.41. The molecule has 0 aliphatic rings. The Kier molecular flexibility index (Phi) is 4.38. The number of para-hydroxylation sites is 2. The highest BCUT2D eigenvalue weighted by Gasteiger charge is 2.16. The van der Waals surface area contributed by atoms with E-state index in [4.69, 9.17) is 4.74 Å². The molecular weight excluding hydrogens is 306 g/mol. The minimum Gasteiger partial charge on any atom is -0.465 e. The third kappa shape index (κ3) is 3.17. The first kappa shape index (κ1) is 15.5. The maximum atomic E-state index is 12.4. The summed E-state index contributed by atoms with van der Waals surface area (Å²) in [5, 5.41) is 6.95. The average molecular weight is 321 g/mol. The van der Waals surface area contributed by atoms with Crippen molar-refractivity contribution in [2.45, 2.75) is 0 Å². The molecule has 6 heteroatoms. The Morgan fingerprint density at radius 2 is 1.71 bits per heavy atom. The van der Waals surface area contributed by atoms with Crippen LogP contribution in [0.5, 0.6) is 0 Å². The molecule has 0 spiro atoms. The van der Waals surface area contributed by atoms with E-state index in [2.05, 4.69) is 10.4 Å². The number of ether oxygens (including phenoxy) is 1. The van der Waals surface area contributed by atoms with Gasteiger partial charge in [-0.1, -0.05) is 30.3 Å². The lowest BCUT2D eigenvalue weighted by molar-refractivity contribution is 0.0602. The summed E-state index contributed by atoms with van der Waals surface area (Å²) in [7, 11) is 1.29. The molecule has 0 fully saturated rings. The van der Waals surface area contributed by atoms with Crippen LogP contribution in [0.1, 0.15) is 20.8 Å². The molecule has 0 unspecified atom stereocenters. The number of anilines is 1. The van der Waals surface area contributed by atoms with Gasteiger partial charge in [0.05, 0.1) is 24.0 Å². The molecule has 3 aromatic rings. The van der Waals surface area contributed by atoms with E-state index in [1.54, 1.807) is 41.2 Å². The van der Waals surface area contributed by atoms with Crippen molar-refractivity contribution in [3.63, 3.8) is 0 Å². The molecule has 0 radical (unpaired) electrons. The van der Waals surface area contributed by atoms with E-state index in [0.29, 0.717) is 5.69 Å². The zero-order chi connectivity index (χ0) is 16.9. The molecule has 2 aromatic carbocycles. The van der Waals surface area contributed by atoms with E-state index in [1.807, 2.05) is 30.3 Å². The second-order valence-corrected chi connectivity index (χ2v) is 4.97. The summed E-state index contributed by atoms with van der Waals surface area (Å²) in [6.07, 6.45) is 1.70. The second kappa shape index (κ2) is 6.78. The monoisotopic (exact) mass is 321 g/mol. The summed E-state index contributed by atoms with van der Waals surface area (Å²) in [4.78, 5) is 24.1. The van der Waals surface area contributed by atoms with Crippen molar-refractivity contribution in [3.8, 4) is 5.69 Å². The number of aromatic nitrogens is 2. The number of benzene rings is 2. The Bertz CT molecular complexity index is 872. The van der Waals surface area contributed by atoms with Gasteiger partial charge in [-0.3, -0.25) is 4.79 Å². The van der Waals surface area contributed by atoms with E-state index in [-0.39, 0.29) is 11.3 Å². The predicted molar refractivity (Wildman–Crippen MR) is 89.3 cm³/mol. The van der Waals surface area contributed by atoms with Crippen molar-refractivity contribution < 1.29 is 14.3 Å². The fraction of sp³-hybridized carbons (Fsp3) is 0.0556. The molecule has 24 heavy (non-hydrogen) atoms. The lowest BCUT2D eigenvalue weighted by atomic mass is 10.1. The maximum absolute atomic E-state index is 12.4. The molecule has 120 valence electrons. The third-order valence-corrected chi connectivity index (χ3v) is 3.42. The van der Waals surface area contributed by atoms with Gasteiger partial charge in [-0.05, 0) is 30.3 Å². The Labute approximate surface area is 138 Å². The number of carbonyl (C=O) groups is 2. The van der Waals surface area contributed by atoms with Gasteiger partial charge in [0.2, 0.25) is 0 Å². The molecule has 6 nitrogen and oxygen atoms in total. The zero-order valence-corrected chi connectivity index (χ0v) is 13.0. The number of esters is 1. The van der Waals surface area contributed by atoms with Gasteiger partial charge >= 0.3 is 5.97 Å². The van der Waals surface area contributed by atoms with E-state index < -0.39 is 11.9 Å². The van der Waals surface area contributed by atoms with Crippen molar-refractivity contribution in [1.29, 1.82) is 0 Å². The van der Waals surface area contributed by atoms with Gasteiger partial charge in [0.25, 0.3) is 5.91 Å². The SMILES string of the molecule is COC(=O)c1ccccc1NC(=O)c1ccn(-c2ccccc2)n1. The highest BCUT2D eigenvalue weighted by Crippen LogP contribution is 2.17. The molecule has 0 atom stereocenters. The van der Waals surface area contributed by atoms with Crippen molar-refractivity contribution in [1.82, 2.24) is 9.78 Å². The molecule has 0 aliphatic heterocycles. The summed E-state index contributed by atoms with van der Waals surface area (Å²) < 4.78 is 6.33. The molecule has 1 N–H and O–H groups in total. The van der Waals surface area contributed by atoms with Crippen LogP contribution in [-0.4, -0.2) is 28.8 Å². The highest BCUT2D eigenvalue weighted by molar-refractivity contribution is 6.07. The number of carbonyl (C=O) groups excluding carboxylic acids is 2. The highest BCUT2D eigenvalue weighted by atomic mass is 16.5. The fourth-order valence-corrected chi connectivity index (χ4v) is 2.24. The maximum Gasteiger partial charge on any atom is 0.339 e. The van der Waals surface area contributed by atoms with Crippen molar-refractivity contribution >= 4 is 17.6 Å². The minimum atomic E-state index is -0.513. The van der Waals surface area contributed by atoms with E-state index >= 15 is 0 Å².